The number of rotatable bonds is 13. The molecule has 2 saturated heterocycles. The summed E-state index contributed by atoms with van der Waals surface area (Å²) in [5.41, 5.74) is 0.697. The number of carbonyl (C=O) groups is 3. The van der Waals surface area contributed by atoms with Crippen molar-refractivity contribution >= 4 is 17.7 Å². The molecule has 0 radical (unpaired) electrons. The molecule has 4 N–H and O–H groups in total. The van der Waals surface area contributed by atoms with E-state index < -0.39 is 54.1 Å². The van der Waals surface area contributed by atoms with Crippen molar-refractivity contribution in [3.63, 3.8) is 0 Å². The molecule has 0 aliphatic carbocycles. The van der Waals surface area contributed by atoms with Gasteiger partial charge in [-0.25, -0.2) is 0 Å². The predicted octanol–water partition coefficient (Wildman–Crippen LogP) is 3.78. The highest BCUT2D eigenvalue weighted by atomic mass is 16.7. The lowest BCUT2D eigenvalue weighted by molar-refractivity contribution is -0.267. The third kappa shape index (κ3) is 9.90. The molecule has 2 rings (SSSR count). The van der Waals surface area contributed by atoms with E-state index >= 15 is 0 Å². The van der Waals surface area contributed by atoms with Crippen molar-refractivity contribution in [2.75, 3.05) is 7.05 Å². The predicted molar refractivity (Wildman–Crippen MR) is 158 cm³/mol. The van der Waals surface area contributed by atoms with E-state index in [9.17, 15) is 29.7 Å². The number of likely N-dealkylation sites (N-methyl/N-ethyl adjacent to an activating group) is 1. The van der Waals surface area contributed by atoms with E-state index in [1.54, 1.807) is 25.2 Å². The van der Waals surface area contributed by atoms with Gasteiger partial charge in [0, 0.05) is 25.8 Å². The van der Waals surface area contributed by atoms with Gasteiger partial charge in [-0.15, -0.1) is 0 Å². The Balaban J connectivity index is 1.92. The second-order valence-electron chi connectivity index (χ2n) is 11.2. The monoisotopic (exact) mass is 587 g/mol. The number of aliphatic hydroxyl groups excluding tert-OH is 3. The summed E-state index contributed by atoms with van der Waals surface area (Å²) in [6.07, 6.45) is 12.6. The smallest absolute Gasteiger partial charge is 0.303 e. The van der Waals surface area contributed by atoms with Crippen LogP contribution in [0.2, 0.25) is 0 Å². The van der Waals surface area contributed by atoms with Crippen LogP contribution in [0, 0.1) is 11.8 Å². The average Bonchev–Trinajstić information content (AvgIpc) is 3.12. The number of hydrogen-bond acceptors (Lipinski definition) is 8. The van der Waals surface area contributed by atoms with Crippen LogP contribution in [0.4, 0.5) is 0 Å². The van der Waals surface area contributed by atoms with Crippen LogP contribution in [0.3, 0.4) is 0 Å². The Hall–Kier alpha value is -3.31. The third-order valence-corrected chi connectivity index (χ3v) is 7.29. The molecule has 2 heterocycles. The molecule has 42 heavy (non-hydrogen) atoms. The molecule has 2 aliphatic rings. The first-order chi connectivity index (χ1) is 19.7. The topological polar surface area (TPSA) is 154 Å². The second kappa shape index (κ2) is 16.4. The maximum absolute atomic E-state index is 12.5. The van der Waals surface area contributed by atoms with E-state index in [1.807, 2.05) is 25.2 Å². The molecular formula is C32H45NO9. The van der Waals surface area contributed by atoms with Crippen LogP contribution < -0.4 is 0 Å². The Kier molecular flexibility index (Phi) is 13.6. The minimum atomic E-state index is -1.06. The number of carboxylic acid groups (broad SMARTS) is 1. The number of nitrogens with zero attached hydrogens (tertiary/aromatic N) is 1. The van der Waals surface area contributed by atoms with E-state index in [0.29, 0.717) is 0 Å². The van der Waals surface area contributed by atoms with E-state index in [0.717, 1.165) is 10.5 Å². The van der Waals surface area contributed by atoms with Gasteiger partial charge in [0.15, 0.2) is 12.1 Å². The number of hydrogen-bond donors (Lipinski definition) is 4. The van der Waals surface area contributed by atoms with E-state index in [4.69, 9.17) is 14.6 Å². The van der Waals surface area contributed by atoms with Crippen LogP contribution in [0.1, 0.15) is 53.9 Å². The number of Topliss-reactive ketones (excluding diaryl/α,β-unsaturated/α-hetero) is 1. The van der Waals surface area contributed by atoms with Crippen LogP contribution in [0.25, 0.3) is 0 Å². The van der Waals surface area contributed by atoms with Gasteiger partial charge in [0.25, 0.3) is 5.91 Å². The zero-order valence-electron chi connectivity index (χ0n) is 25.2. The Morgan fingerprint density at radius 2 is 1.64 bits per heavy atom. The minimum Gasteiger partial charge on any atom is -0.507 e. The quantitative estimate of drug-likeness (QED) is 0.109. The van der Waals surface area contributed by atoms with Gasteiger partial charge in [0.2, 0.25) is 0 Å². The van der Waals surface area contributed by atoms with Crippen LogP contribution in [-0.2, 0) is 23.9 Å². The fourth-order valence-corrected chi connectivity index (χ4v) is 5.02. The number of allylic oxidation sites excluding steroid dienone is 9. The first kappa shape index (κ1) is 34.9. The van der Waals surface area contributed by atoms with Crippen LogP contribution >= 0.6 is 0 Å². The normalized spacial score (nSPS) is 28.7. The summed E-state index contributed by atoms with van der Waals surface area (Å²) in [5, 5.41) is 39.1. The first-order valence-corrected chi connectivity index (χ1v) is 14.2. The van der Waals surface area contributed by atoms with Gasteiger partial charge in [-0.05, 0) is 32.3 Å². The maximum atomic E-state index is 12.5. The lowest BCUT2D eigenvalue weighted by Gasteiger charge is -2.38. The maximum Gasteiger partial charge on any atom is 0.303 e. The standard InChI is InChI=1S/C32H45NO9/c1-19(2)31(42-27-18-25(35)29(38)22(5)41-27)21(4)17-20(3)13-11-9-7-8-10-12-14-24(34)28-30(39)23(15-16-26(36)37)33(6)32(28)40/h7-14,17,19,21-23,25,27,29,31,34-35,38H,15-16,18H2,1-6H3,(H,36,37)/b9-7+,10-8+,13-11+,14-12+,20-17+,28-24?/t21?,22-,23?,25+,27+,29-,31?/m1/s1. The molecular weight excluding hydrogens is 542 g/mol. The van der Waals surface area contributed by atoms with Gasteiger partial charge < -0.3 is 34.8 Å². The highest BCUT2D eigenvalue weighted by molar-refractivity contribution is 6.27. The molecule has 2 fully saturated rings. The fraction of sp³-hybridized carbons (Fsp3) is 0.531. The van der Waals surface area contributed by atoms with E-state index in [2.05, 4.69) is 26.8 Å². The molecule has 232 valence electrons. The average molecular weight is 588 g/mol. The first-order valence-electron chi connectivity index (χ1n) is 14.2. The van der Waals surface area contributed by atoms with E-state index in [-0.39, 0.29) is 42.8 Å². The number of carbonyl (C=O) groups excluding carboxylic acids is 2. The van der Waals surface area contributed by atoms with Crippen LogP contribution in [0.15, 0.2) is 71.6 Å². The van der Waals surface area contributed by atoms with Gasteiger partial charge in [0.05, 0.1) is 24.4 Å². The van der Waals surface area contributed by atoms with Gasteiger partial charge in [-0.2, -0.15) is 0 Å². The number of ether oxygens (including phenoxy) is 2. The molecule has 3 unspecified atom stereocenters. The number of aliphatic carboxylic acids is 1. The number of ketones is 1. The molecule has 2 aliphatic heterocycles. The Morgan fingerprint density at radius 1 is 1.05 bits per heavy atom. The van der Waals surface area contributed by atoms with Crippen molar-refractivity contribution in [1.29, 1.82) is 0 Å². The summed E-state index contributed by atoms with van der Waals surface area (Å²) in [4.78, 5) is 36.9. The third-order valence-electron chi connectivity index (χ3n) is 7.29. The Labute approximate surface area is 248 Å². The molecule has 10 heteroatoms. The number of amides is 1. The zero-order chi connectivity index (χ0) is 31.6. The lowest BCUT2D eigenvalue weighted by atomic mass is 9.92. The summed E-state index contributed by atoms with van der Waals surface area (Å²) in [5.74, 6) is -2.47. The lowest BCUT2D eigenvalue weighted by Crippen LogP contribution is -2.49. The molecule has 10 nitrogen and oxygen atoms in total. The summed E-state index contributed by atoms with van der Waals surface area (Å²) in [6, 6.07) is -0.896. The summed E-state index contributed by atoms with van der Waals surface area (Å²) >= 11 is 0. The molecule has 0 aromatic carbocycles. The van der Waals surface area contributed by atoms with Gasteiger partial charge in [-0.3, -0.25) is 14.4 Å². The molecule has 7 atom stereocenters. The number of carboxylic acids is 1. The minimum absolute atomic E-state index is 0.0136. The van der Waals surface area contributed by atoms with Crippen molar-refractivity contribution in [3.8, 4) is 0 Å². The molecule has 0 aromatic rings. The molecule has 0 saturated carbocycles. The van der Waals surface area contributed by atoms with Crippen molar-refractivity contribution < 1.29 is 44.3 Å². The highest BCUT2D eigenvalue weighted by Gasteiger charge is 2.42. The largest absolute Gasteiger partial charge is 0.507 e. The summed E-state index contributed by atoms with van der Waals surface area (Å²) in [7, 11) is 1.41. The molecule has 0 spiro atoms. The van der Waals surface area contributed by atoms with Gasteiger partial charge in [-0.1, -0.05) is 75.0 Å². The second-order valence-corrected chi connectivity index (χ2v) is 11.2. The molecule has 1 amide bonds. The molecule has 0 bridgehead atoms. The van der Waals surface area contributed by atoms with Crippen molar-refractivity contribution in [1.82, 2.24) is 4.90 Å². The Bertz CT molecular complexity index is 1130. The Morgan fingerprint density at radius 3 is 2.21 bits per heavy atom. The molecule has 0 aromatic heterocycles. The summed E-state index contributed by atoms with van der Waals surface area (Å²) in [6.45, 7) is 9.91. The number of aliphatic hydroxyl groups is 3. The van der Waals surface area contributed by atoms with E-state index in [1.165, 1.54) is 19.2 Å². The summed E-state index contributed by atoms with van der Waals surface area (Å²) < 4.78 is 11.9. The van der Waals surface area contributed by atoms with Crippen molar-refractivity contribution in [3.05, 3.63) is 71.6 Å². The van der Waals surface area contributed by atoms with Gasteiger partial charge in [0.1, 0.15) is 17.4 Å². The van der Waals surface area contributed by atoms with Crippen molar-refractivity contribution in [2.24, 2.45) is 11.8 Å². The van der Waals surface area contributed by atoms with Crippen LogP contribution in [-0.4, -0.2) is 86.8 Å². The number of likely N-dealkylation sites (tertiary alicyclic amines) is 1. The highest BCUT2D eigenvalue weighted by Crippen LogP contribution is 2.28. The fourth-order valence-electron chi connectivity index (χ4n) is 5.02. The van der Waals surface area contributed by atoms with Crippen LogP contribution in [0.5, 0.6) is 0 Å². The van der Waals surface area contributed by atoms with Gasteiger partial charge >= 0.3 is 5.97 Å². The van der Waals surface area contributed by atoms with Crippen molar-refractivity contribution in [2.45, 2.75) is 90.6 Å². The SMILES string of the molecule is CC(/C=C/C=C/C=C/C=C/C(O)=C1C(=O)C(CCC(=O)O)N(C)C1=O)=C\C(C)C(O[C@H]1C[C@H](O)[C@H](O)[C@@H](C)O1)C(C)C. The zero-order valence-corrected chi connectivity index (χ0v) is 25.2.